The zero-order valence-electron chi connectivity index (χ0n) is 21.3. The molecule has 198 valence electrons. The van der Waals surface area contributed by atoms with Crippen molar-refractivity contribution in [2.45, 2.75) is 25.7 Å². The second kappa shape index (κ2) is 9.57. The molecule has 10 heteroatoms. The van der Waals surface area contributed by atoms with E-state index in [1.54, 1.807) is 12.4 Å². The Morgan fingerprint density at radius 2 is 1.82 bits per heavy atom. The molecule has 0 saturated heterocycles. The van der Waals surface area contributed by atoms with Crippen molar-refractivity contribution in [1.29, 1.82) is 0 Å². The normalized spacial score (nSPS) is 13.8. The number of para-hydroxylation sites is 1. The van der Waals surface area contributed by atoms with Crippen molar-refractivity contribution in [2.24, 2.45) is 5.92 Å². The molecule has 40 heavy (non-hydrogen) atoms. The fourth-order valence-corrected chi connectivity index (χ4v) is 5.41. The molecule has 4 N–H and O–H groups in total. The Hall–Kier alpha value is -5.12. The molecule has 1 fully saturated rings. The molecular formula is C30H24FN7O2. The number of halogens is 1. The highest BCUT2D eigenvalue weighted by Crippen LogP contribution is 2.34. The first-order chi connectivity index (χ1) is 19.5. The van der Waals surface area contributed by atoms with Gasteiger partial charge in [-0.2, -0.15) is 5.10 Å². The number of amides is 1. The number of hydrogen-bond acceptors (Lipinski definition) is 6. The standard InChI is InChI=1S/C30H24FN7O2/c31-19-10-17(12-21(39)13-19)22-6-3-7-24-26(22)36-29(35-24)28-27-25(37-38-28)9-8-23(34-27)18-11-20(15-32-14-18)33-30(40)16-4-1-2-5-16/h3,6-16,39H,1-2,4-5H2,(H,33,40)(H,35,36)(H,37,38). The maximum atomic E-state index is 14.0. The van der Waals surface area contributed by atoms with Gasteiger partial charge in [0.25, 0.3) is 0 Å². The van der Waals surface area contributed by atoms with Gasteiger partial charge in [0.1, 0.15) is 17.1 Å². The third kappa shape index (κ3) is 4.33. The molecule has 0 spiro atoms. The number of aromatic nitrogens is 6. The van der Waals surface area contributed by atoms with Gasteiger partial charge in [-0.3, -0.25) is 14.9 Å². The van der Waals surface area contributed by atoms with Crippen molar-refractivity contribution >= 4 is 33.7 Å². The molecule has 1 aliphatic rings. The Bertz CT molecular complexity index is 1890. The highest BCUT2D eigenvalue weighted by molar-refractivity contribution is 5.97. The highest BCUT2D eigenvalue weighted by atomic mass is 19.1. The summed E-state index contributed by atoms with van der Waals surface area (Å²) in [5, 5.41) is 20.4. The molecule has 1 saturated carbocycles. The number of nitrogens with one attached hydrogen (secondary N) is 3. The minimum atomic E-state index is -0.533. The van der Waals surface area contributed by atoms with Crippen molar-refractivity contribution in [2.75, 3.05) is 5.32 Å². The molecule has 0 atom stereocenters. The highest BCUT2D eigenvalue weighted by Gasteiger charge is 2.23. The van der Waals surface area contributed by atoms with Gasteiger partial charge in [0.05, 0.1) is 34.1 Å². The lowest BCUT2D eigenvalue weighted by molar-refractivity contribution is -0.119. The quantitative estimate of drug-likeness (QED) is 0.208. The smallest absolute Gasteiger partial charge is 0.227 e. The largest absolute Gasteiger partial charge is 0.508 e. The van der Waals surface area contributed by atoms with E-state index >= 15 is 0 Å². The minimum absolute atomic E-state index is 0.0368. The van der Waals surface area contributed by atoms with E-state index in [0.717, 1.165) is 48.3 Å². The first-order valence-electron chi connectivity index (χ1n) is 13.1. The second-order valence-electron chi connectivity index (χ2n) is 10.1. The molecule has 4 heterocycles. The van der Waals surface area contributed by atoms with E-state index in [2.05, 4.69) is 25.5 Å². The van der Waals surface area contributed by atoms with Crippen molar-refractivity contribution in [3.63, 3.8) is 0 Å². The van der Waals surface area contributed by atoms with Crippen molar-refractivity contribution in [1.82, 2.24) is 30.1 Å². The molecule has 2 aromatic carbocycles. The number of aromatic amines is 2. The summed E-state index contributed by atoms with van der Waals surface area (Å²) in [4.78, 5) is 29.9. The third-order valence-electron chi connectivity index (χ3n) is 7.37. The van der Waals surface area contributed by atoms with Gasteiger partial charge in [-0.15, -0.1) is 0 Å². The SMILES string of the molecule is O=C(Nc1cncc(-c2ccc3[nH]nc(-c4nc5c(-c6cc(O)cc(F)c6)cccc5[nH]4)c3n2)c1)C1CCCC1. The number of phenols is 1. The third-order valence-corrected chi connectivity index (χ3v) is 7.37. The summed E-state index contributed by atoms with van der Waals surface area (Å²) in [6.45, 7) is 0. The van der Waals surface area contributed by atoms with Crippen LogP contribution < -0.4 is 5.32 Å². The van der Waals surface area contributed by atoms with Crippen LogP contribution >= 0.6 is 0 Å². The van der Waals surface area contributed by atoms with Crippen LogP contribution in [0.15, 0.2) is 67.0 Å². The fourth-order valence-electron chi connectivity index (χ4n) is 5.41. The molecule has 1 amide bonds. The molecule has 0 radical (unpaired) electrons. The maximum absolute atomic E-state index is 14.0. The van der Waals surface area contributed by atoms with Gasteiger partial charge in [0.15, 0.2) is 11.5 Å². The lowest BCUT2D eigenvalue weighted by Crippen LogP contribution is -2.20. The fraction of sp³-hybridized carbons (Fsp3) is 0.167. The average Bonchev–Trinajstić information content (AvgIpc) is 3.71. The Morgan fingerprint density at radius 1 is 0.950 bits per heavy atom. The summed E-state index contributed by atoms with van der Waals surface area (Å²) in [6.07, 6.45) is 7.38. The number of fused-ring (bicyclic) bond motifs is 2. The number of anilines is 1. The Kier molecular flexibility index (Phi) is 5.73. The molecule has 0 aliphatic heterocycles. The van der Waals surface area contributed by atoms with Gasteiger partial charge in [0, 0.05) is 29.3 Å². The number of benzene rings is 2. The van der Waals surface area contributed by atoms with E-state index in [9.17, 15) is 14.3 Å². The number of carbonyl (C=O) groups excluding carboxylic acids is 1. The summed E-state index contributed by atoms with van der Waals surface area (Å²) in [7, 11) is 0. The first-order valence-corrected chi connectivity index (χ1v) is 13.1. The predicted molar refractivity (Wildman–Crippen MR) is 150 cm³/mol. The number of imidazole rings is 1. The molecular weight excluding hydrogens is 509 g/mol. The summed E-state index contributed by atoms with van der Waals surface area (Å²) in [6, 6.07) is 15.1. The number of hydrogen-bond donors (Lipinski definition) is 4. The Labute approximate surface area is 227 Å². The summed E-state index contributed by atoms with van der Waals surface area (Å²) < 4.78 is 14.0. The zero-order valence-corrected chi connectivity index (χ0v) is 21.3. The van der Waals surface area contributed by atoms with E-state index in [4.69, 9.17) is 9.97 Å². The molecule has 4 aromatic heterocycles. The summed E-state index contributed by atoms with van der Waals surface area (Å²) in [5.74, 6) is -0.101. The van der Waals surface area contributed by atoms with Crippen LogP contribution in [-0.2, 0) is 4.79 Å². The van der Waals surface area contributed by atoms with Crippen LogP contribution in [0.5, 0.6) is 5.75 Å². The van der Waals surface area contributed by atoms with Crippen LogP contribution in [0.25, 0.3) is 56.0 Å². The van der Waals surface area contributed by atoms with Gasteiger partial charge in [0.2, 0.25) is 5.91 Å². The number of nitrogens with zero attached hydrogens (tertiary/aromatic N) is 4. The van der Waals surface area contributed by atoms with E-state index in [1.807, 2.05) is 36.4 Å². The van der Waals surface area contributed by atoms with Gasteiger partial charge in [-0.05, 0) is 54.8 Å². The van der Waals surface area contributed by atoms with Gasteiger partial charge in [-0.1, -0.05) is 25.0 Å². The van der Waals surface area contributed by atoms with Crippen molar-refractivity contribution in [3.8, 4) is 39.7 Å². The average molecular weight is 534 g/mol. The Balaban J connectivity index is 1.25. The number of phenolic OH excluding ortho intramolecular Hbond substituents is 1. The number of aromatic hydroxyl groups is 1. The number of rotatable bonds is 5. The molecule has 0 bridgehead atoms. The number of carbonyl (C=O) groups is 1. The topological polar surface area (TPSA) is 132 Å². The van der Waals surface area contributed by atoms with Crippen molar-refractivity contribution < 1.29 is 14.3 Å². The zero-order chi connectivity index (χ0) is 27.2. The number of H-pyrrole nitrogens is 2. The van der Waals surface area contributed by atoms with Crippen LogP contribution in [0.4, 0.5) is 10.1 Å². The molecule has 1 aliphatic carbocycles. The maximum Gasteiger partial charge on any atom is 0.227 e. The van der Waals surface area contributed by atoms with Crippen LogP contribution in [0.1, 0.15) is 25.7 Å². The molecule has 0 unspecified atom stereocenters. The van der Waals surface area contributed by atoms with Gasteiger partial charge < -0.3 is 15.4 Å². The van der Waals surface area contributed by atoms with E-state index in [0.29, 0.717) is 45.1 Å². The van der Waals surface area contributed by atoms with Gasteiger partial charge >= 0.3 is 0 Å². The van der Waals surface area contributed by atoms with E-state index < -0.39 is 5.82 Å². The monoisotopic (exact) mass is 533 g/mol. The summed E-state index contributed by atoms with van der Waals surface area (Å²) >= 11 is 0. The first kappa shape index (κ1) is 24.0. The lowest BCUT2D eigenvalue weighted by Gasteiger charge is -2.11. The van der Waals surface area contributed by atoms with Crippen LogP contribution in [-0.4, -0.2) is 41.1 Å². The minimum Gasteiger partial charge on any atom is -0.508 e. The van der Waals surface area contributed by atoms with Crippen molar-refractivity contribution in [3.05, 3.63) is 72.8 Å². The van der Waals surface area contributed by atoms with Crippen LogP contribution in [0.3, 0.4) is 0 Å². The predicted octanol–water partition coefficient (Wildman–Crippen LogP) is 6.20. The molecule has 7 rings (SSSR count). The lowest BCUT2D eigenvalue weighted by atomic mass is 10.0. The summed E-state index contributed by atoms with van der Waals surface area (Å²) in [5.41, 5.74) is 6.48. The number of pyridine rings is 2. The molecule has 6 aromatic rings. The molecule has 9 nitrogen and oxygen atoms in total. The second-order valence-corrected chi connectivity index (χ2v) is 10.1. The van der Waals surface area contributed by atoms with E-state index in [1.165, 1.54) is 12.1 Å². The van der Waals surface area contributed by atoms with Crippen LogP contribution in [0.2, 0.25) is 0 Å². The van der Waals surface area contributed by atoms with E-state index in [-0.39, 0.29) is 17.6 Å². The van der Waals surface area contributed by atoms with Gasteiger partial charge in [-0.25, -0.2) is 14.4 Å². The van der Waals surface area contributed by atoms with Crippen LogP contribution in [0, 0.1) is 11.7 Å². The Morgan fingerprint density at radius 3 is 2.67 bits per heavy atom.